The van der Waals surface area contributed by atoms with Crippen LogP contribution in [-0.2, 0) is 9.84 Å². The number of hydrogen-bond donors (Lipinski definition) is 2. The van der Waals surface area contributed by atoms with E-state index in [-0.39, 0.29) is 18.1 Å². The van der Waals surface area contributed by atoms with E-state index in [0.717, 1.165) is 12.8 Å². The first kappa shape index (κ1) is 17.9. The molecule has 1 aliphatic rings. The van der Waals surface area contributed by atoms with Crippen LogP contribution in [0.15, 0.2) is 0 Å². The maximum Gasteiger partial charge on any atom is 0.151 e. The van der Waals surface area contributed by atoms with Gasteiger partial charge in [0.25, 0.3) is 0 Å². The Kier molecular flexibility index (Phi) is 7.48. The van der Waals surface area contributed by atoms with Crippen molar-refractivity contribution in [1.29, 1.82) is 0 Å². The highest BCUT2D eigenvalue weighted by molar-refractivity contribution is 7.91. The zero-order valence-electron chi connectivity index (χ0n) is 12.8. The Morgan fingerprint density at radius 1 is 1.15 bits per heavy atom. The zero-order valence-corrected chi connectivity index (χ0v) is 13.6. The number of hydrogen-bond acceptors (Lipinski definition) is 4. The van der Waals surface area contributed by atoms with Crippen LogP contribution >= 0.6 is 0 Å². The molecule has 2 unspecified atom stereocenters. The van der Waals surface area contributed by atoms with Gasteiger partial charge in [0.05, 0.1) is 17.6 Å². The van der Waals surface area contributed by atoms with E-state index in [4.69, 9.17) is 5.73 Å². The van der Waals surface area contributed by atoms with Crippen molar-refractivity contribution in [3.63, 3.8) is 0 Å². The summed E-state index contributed by atoms with van der Waals surface area (Å²) in [5, 5.41) is 10.3. The second kappa shape index (κ2) is 8.35. The van der Waals surface area contributed by atoms with Crippen LogP contribution in [0.25, 0.3) is 0 Å². The standard InChI is InChI=1S/C15H31NO3S/c1-2-3-4-5-6-7-8-9-14(17)15(12-16)10-11-20(18,19)13-15/h14,17H,2-13,16H2,1H3. The van der Waals surface area contributed by atoms with Gasteiger partial charge in [-0.05, 0) is 12.8 Å². The maximum atomic E-state index is 11.6. The zero-order chi connectivity index (χ0) is 15.1. The quantitative estimate of drug-likeness (QED) is 0.607. The molecule has 2 atom stereocenters. The Labute approximate surface area is 124 Å². The van der Waals surface area contributed by atoms with Crippen molar-refractivity contribution in [2.45, 2.75) is 70.8 Å². The minimum absolute atomic E-state index is 0.0637. The fraction of sp³-hybridized carbons (Fsp3) is 1.00. The van der Waals surface area contributed by atoms with Gasteiger partial charge in [0.1, 0.15) is 0 Å². The van der Waals surface area contributed by atoms with Crippen LogP contribution in [0.2, 0.25) is 0 Å². The highest BCUT2D eigenvalue weighted by Gasteiger charge is 2.45. The van der Waals surface area contributed by atoms with Crippen molar-refractivity contribution in [3.05, 3.63) is 0 Å². The summed E-state index contributed by atoms with van der Waals surface area (Å²) in [4.78, 5) is 0. The largest absolute Gasteiger partial charge is 0.392 e. The molecule has 5 heteroatoms. The molecule has 1 aliphatic heterocycles. The lowest BCUT2D eigenvalue weighted by Crippen LogP contribution is -2.43. The highest BCUT2D eigenvalue weighted by atomic mass is 32.2. The molecule has 0 amide bonds. The van der Waals surface area contributed by atoms with Gasteiger partial charge in [0, 0.05) is 12.0 Å². The summed E-state index contributed by atoms with van der Waals surface area (Å²) in [6.07, 6.45) is 9.04. The molecule has 0 aliphatic carbocycles. The van der Waals surface area contributed by atoms with Gasteiger partial charge in [-0.2, -0.15) is 0 Å². The molecular formula is C15H31NO3S. The number of aliphatic hydroxyl groups is 1. The molecule has 0 bridgehead atoms. The fourth-order valence-electron chi connectivity index (χ4n) is 3.10. The smallest absolute Gasteiger partial charge is 0.151 e. The van der Waals surface area contributed by atoms with E-state index in [2.05, 4.69) is 6.92 Å². The summed E-state index contributed by atoms with van der Waals surface area (Å²) in [5.74, 6) is 0.243. The van der Waals surface area contributed by atoms with Crippen LogP contribution in [0.4, 0.5) is 0 Å². The predicted octanol–water partition coefficient (Wildman–Crippen LogP) is 2.25. The number of sulfone groups is 1. The van der Waals surface area contributed by atoms with E-state index in [1.54, 1.807) is 0 Å². The molecule has 0 radical (unpaired) electrons. The molecule has 0 aromatic rings. The van der Waals surface area contributed by atoms with Gasteiger partial charge in [-0.25, -0.2) is 8.42 Å². The van der Waals surface area contributed by atoms with Crippen LogP contribution in [0.3, 0.4) is 0 Å². The third-order valence-corrected chi connectivity index (χ3v) is 6.45. The molecule has 1 heterocycles. The molecule has 0 saturated carbocycles. The Hall–Kier alpha value is -0.130. The van der Waals surface area contributed by atoms with Crippen LogP contribution in [0.1, 0.15) is 64.7 Å². The molecule has 0 aromatic heterocycles. The minimum atomic E-state index is -3.00. The normalized spacial score (nSPS) is 26.8. The van der Waals surface area contributed by atoms with Gasteiger partial charge in [-0.1, -0.05) is 51.9 Å². The van der Waals surface area contributed by atoms with Gasteiger partial charge < -0.3 is 10.8 Å². The van der Waals surface area contributed by atoms with Gasteiger partial charge in [-0.3, -0.25) is 0 Å². The second-order valence-electron chi connectivity index (χ2n) is 6.33. The van der Waals surface area contributed by atoms with Crippen LogP contribution in [-0.4, -0.2) is 37.7 Å². The predicted molar refractivity (Wildman–Crippen MR) is 83.4 cm³/mol. The molecule has 3 N–H and O–H groups in total. The second-order valence-corrected chi connectivity index (χ2v) is 8.52. The summed E-state index contributed by atoms with van der Waals surface area (Å²) >= 11 is 0. The number of unbranched alkanes of at least 4 members (excludes halogenated alkanes) is 6. The lowest BCUT2D eigenvalue weighted by atomic mass is 9.79. The number of aliphatic hydroxyl groups excluding tert-OH is 1. The summed E-state index contributed by atoms with van der Waals surface area (Å²) < 4.78 is 23.2. The molecule has 1 saturated heterocycles. The van der Waals surface area contributed by atoms with Gasteiger partial charge in [0.15, 0.2) is 9.84 Å². The topological polar surface area (TPSA) is 80.4 Å². The first-order valence-corrected chi connectivity index (χ1v) is 9.86. The lowest BCUT2D eigenvalue weighted by Gasteiger charge is -2.31. The van der Waals surface area contributed by atoms with Gasteiger partial charge in [0.2, 0.25) is 0 Å². The maximum absolute atomic E-state index is 11.6. The Balaban J connectivity index is 2.26. The summed E-state index contributed by atoms with van der Waals surface area (Å²) in [6, 6.07) is 0. The summed E-state index contributed by atoms with van der Waals surface area (Å²) in [7, 11) is -3.00. The third kappa shape index (κ3) is 5.34. The fourth-order valence-corrected chi connectivity index (χ4v) is 5.29. The van der Waals surface area contributed by atoms with E-state index in [0.29, 0.717) is 12.8 Å². The van der Waals surface area contributed by atoms with Crippen LogP contribution in [0, 0.1) is 5.41 Å². The Morgan fingerprint density at radius 3 is 2.25 bits per heavy atom. The average molecular weight is 305 g/mol. The van der Waals surface area contributed by atoms with Crippen molar-refractivity contribution in [2.24, 2.45) is 11.1 Å². The number of nitrogens with two attached hydrogens (primary N) is 1. The van der Waals surface area contributed by atoms with Crippen molar-refractivity contribution in [1.82, 2.24) is 0 Å². The minimum Gasteiger partial charge on any atom is -0.392 e. The van der Waals surface area contributed by atoms with E-state index < -0.39 is 21.4 Å². The van der Waals surface area contributed by atoms with E-state index in [1.807, 2.05) is 0 Å². The highest BCUT2D eigenvalue weighted by Crippen LogP contribution is 2.36. The van der Waals surface area contributed by atoms with Crippen LogP contribution < -0.4 is 5.73 Å². The van der Waals surface area contributed by atoms with Crippen molar-refractivity contribution < 1.29 is 13.5 Å². The molecule has 120 valence electrons. The molecule has 20 heavy (non-hydrogen) atoms. The van der Waals surface area contributed by atoms with E-state index in [9.17, 15) is 13.5 Å². The van der Waals surface area contributed by atoms with Crippen LogP contribution in [0.5, 0.6) is 0 Å². The molecular weight excluding hydrogens is 274 g/mol. The molecule has 0 aromatic carbocycles. The number of rotatable bonds is 10. The molecule has 1 fully saturated rings. The SMILES string of the molecule is CCCCCCCCCC(O)C1(CN)CCS(=O)(=O)C1. The average Bonchev–Trinajstić information content (AvgIpc) is 2.74. The van der Waals surface area contributed by atoms with Crippen molar-refractivity contribution in [2.75, 3.05) is 18.1 Å². The molecule has 4 nitrogen and oxygen atoms in total. The van der Waals surface area contributed by atoms with E-state index in [1.165, 1.54) is 32.1 Å². The first-order valence-electron chi connectivity index (χ1n) is 8.04. The summed E-state index contributed by atoms with van der Waals surface area (Å²) in [5.41, 5.74) is 5.17. The third-order valence-electron chi connectivity index (χ3n) is 4.61. The van der Waals surface area contributed by atoms with Gasteiger partial charge >= 0.3 is 0 Å². The van der Waals surface area contributed by atoms with Crippen molar-refractivity contribution in [3.8, 4) is 0 Å². The summed E-state index contributed by atoms with van der Waals surface area (Å²) in [6.45, 7) is 2.47. The molecule has 0 spiro atoms. The first-order chi connectivity index (χ1) is 9.46. The monoisotopic (exact) mass is 305 g/mol. The molecule has 1 rings (SSSR count). The lowest BCUT2D eigenvalue weighted by molar-refractivity contribution is 0.0390. The Morgan fingerprint density at radius 2 is 1.75 bits per heavy atom. The van der Waals surface area contributed by atoms with Crippen molar-refractivity contribution >= 4 is 9.84 Å². The van der Waals surface area contributed by atoms with E-state index >= 15 is 0 Å². The Bertz CT molecular complexity index is 369. The van der Waals surface area contributed by atoms with Gasteiger partial charge in [-0.15, -0.1) is 0 Å².